The molecule has 0 radical (unpaired) electrons. The third kappa shape index (κ3) is 3.16. The quantitative estimate of drug-likeness (QED) is 0.887. The highest BCUT2D eigenvalue weighted by Crippen LogP contribution is 2.16. The highest BCUT2D eigenvalue weighted by Gasteiger charge is 2.24. The van der Waals surface area contributed by atoms with Gasteiger partial charge in [-0.25, -0.2) is 4.79 Å². The highest BCUT2D eigenvalue weighted by molar-refractivity contribution is 5.97. The van der Waals surface area contributed by atoms with Gasteiger partial charge in [0.1, 0.15) is 0 Å². The van der Waals surface area contributed by atoms with Gasteiger partial charge in [0, 0.05) is 11.7 Å². The molecule has 0 saturated heterocycles. The molecule has 6 nitrogen and oxygen atoms in total. The molecule has 1 atom stereocenters. The smallest absolute Gasteiger partial charge is 0.330 e. The fraction of sp³-hybridized carbons (Fsp3) is 0.312. The number of carbonyl (C=O) groups is 2. The van der Waals surface area contributed by atoms with E-state index in [0.29, 0.717) is 16.8 Å². The molecule has 0 spiro atoms. The van der Waals surface area contributed by atoms with Crippen LogP contribution in [-0.4, -0.2) is 26.8 Å². The normalized spacial score (nSPS) is 12.2. The van der Waals surface area contributed by atoms with E-state index in [1.165, 1.54) is 6.20 Å². The van der Waals surface area contributed by atoms with Crippen LogP contribution in [0.1, 0.15) is 47.5 Å². The van der Waals surface area contributed by atoms with Crippen LogP contribution in [0.4, 0.5) is 0 Å². The van der Waals surface area contributed by atoms with E-state index in [-0.39, 0.29) is 6.04 Å². The van der Waals surface area contributed by atoms with Crippen molar-refractivity contribution in [3.05, 3.63) is 53.3 Å². The largest absolute Gasteiger partial charge is 0.479 e. The van der Waals surface area contributed by atoms with Crippen molar-refractivity contribution in [3.8, 4) is 0 Å². The Balaban J connectivity index is 2.24. The number of aliphatic carboxylic acids is 1. The van der Waals surface area contributed by atoms with Crippen LogP contribution >= 0.6 is 0 Å². The molecule has 0 fully saturated rings. The Kier molecular flexibility index (Phi) is 4.60. The van der Waals surface area contributed by atoms with Gasteiger partial charge in [0.05, 0.1) is 11.8 Å². The summed E-state index contributed by atoms with van der Waals surface area (Å²) in [6.07, 6.45) is 1.47. The number of carboxylic acids is 1. The van der Waals surface area contributed by atoms with Gasteiger partial charge in [-0.2, -0.15) is 5.10 Å². The Morgan fingerprint density at radius 3 is 2.36 bits per heavy atom. The van der Waals surface area contributed by atoms with Crippen molar-refractivity contribution in [3.63, 3.8) is 0 Å². The molecule has 0 saturated carbocycles. The average molecular weight is 301 g/mol. The number of benzene rings is 1. The third-order valence-electron chi connectivity index (χ3n) is 3.43. The lowest BCUT2D eigenvalue weighted by molar-refractivity contribution is -0.139. The SMILES string of the molecule is Cc1c(C(=O)N[C@@H](C(=O)O)c2ccccc2)cnn1C(C)C. The number of amides is 1. The summed E-state index contributed by atoms with van der Waals surface area (Å²) in [6.45, 7) is 5.72. The number of rotatable bonds is 5. The Bertz CT molecular complexity index is 677. The fourth-order valence-electron chi connectivity index (χ4n) is 2.31. The maximum Gasteiger partial charge on any atom is 0.330 e. The summed E-state index contributed by atoms with van der Waals surface area (Å²) >= 11 is 0. The summed E-state index contributed by atoms with van der Waals surface area (Å²) in [7, 11) is 0. The zero-order valence-electron chi connectivity index (χ0n) is 12.8. The minimum atomic E-state index is -1.10. The van der Waals surface area contributed by atoms with Crippen LogP contribution < -0.4 is 5.32 Å². The van der Waals surface area contributed by atoms with E-state index in [0.717, 1.165) is 0 Å². The van der Waals surface area contributed by atoms with E-state index in [1.54, 1.807) is 41.9 Å². The predicted molar refractivity (Wildman–Crippen MR) is 81.6 cm³/mol. The van der Waals surface area contributed by atoms with Crippen LogP contribution in [0, 0.1) is 6.92 Å². The van der Waals surface area contributed by atoms with Crippen molar-refractivity contribution >= 4 is 11.9 Å². The first-order chi connectivity index (χ1) is 10.4. The Morgan fingerprint density at radius 1 is 1.23 bits per heavy atom. The maximum atomic E-state index is 12.4. The van der Waals surface area contributed by atoms with Crippen molar-refractivity contribution in [2.24, 2.45) is 0 Å². The number of carbonyl (C=O) groups excluding carboxylic acids is 1. The molecule has 116 valence electrons. The van der Waals surface area contributed by atoms with Crippen LogP contribution in [0.3, 0.4) is 0 Å². The van der Waals surface area contributed by atoms with Crippen molar-refractivity contribution in [2.45, 2.75) is 32.9 Å². The van der Waals surface area contributed by atoms with Crippen LogP contribution in [0.2, 0.25) is 0 Å². The lowest BCUT2D eigenvalue weighted by Gasteiger charge is -2.15. The van der Waals surface area contributed by atoms with Crippen LogP contribution in [0.15, 0.2) is 36.5 Å². The molecule has 1 amide bonds. The highest BCUT2D eigenvalue weighted by atomic mass is 16.4. The van der Waals surface area contributed by atoms with Crippen molar-refractivity contribution in [1.29, 1.82) is 0 Å². The first kappa shape index (κ1) is 15.8. The second kappa shape index (κ2) is 6.43. The molecule has 1 heterocycles. The molecule has 2 N–H and O–H groups in total. The van der Waals surface area contributed by atoms with Crippen LogP contribution in [0.5, 0.6) is 0 Å². The molecule has 2 rings (SSSR count). The number of hydrogen-bond acceptors (Lipinski definition) is 3. The average Bonchev–Trinajstić information content (AvgIpc) is 2.87. The lowest BCUT2D eigenvalue weighted by atomic mass is 10.1. The van der Waals surface area contributed by atoms with E-state index >= 15 is 0 Å². The first-order valence-corrected chi connectivity index (χ1v) is 7.04. The van der Waals surface area contributed by atoms with E-state index in [1.807, 2.05) is 13.8 Å². The predicted octanol–water partition coefficient (Wildman–Crippen LogP) is 2.33. The minimum Gasteiger partial charge on any atom is -0.479 e. The van der Waals surface area contributed by atoms with Crippen molar-refractivity contribution in [2.75, 3.05) is 0 Å². The Labute approximate surface area is 128 Å². The van der Waals surface area contributed by atoms with Gasteiger partial charge < -0.3 is 10.4 Å². The van der Waals surface area contributed by atoms with Gasteiger partial charge in [0.2, 0.25) is 0 Å². The van der Waals surface area contributed by atoms with Crippen LogP contribution in [0.25, 0.3) is 0 Å². The summed E-state index contributed by atoms with van der Waals surface area (Å²) in [5, 5.41) is 16.1. The molecule has 1 aromatic carbocycles. The monoisotopic (exact) mass is 301 g/mol. The Hall–Kier alpha value is -2.63. The van der Waals surface area contributed by atoms with Gasteiger partial charge in [-0.1, -0.05) is 30.3 Å². The maximum absolute atomic E-state index is 12.4. The molecule has 0 aliphatic rings. The van der Waals surface area contributed by atoms with E-state index in [9.17, 15) is 14.7 Å². The summed E-state index contributed by atoms with van der Waals surface area (Å²) < 4.78 is 1.73. The van der Waals surface area contributed by atoms with Gasteiger partial charge in [0.15, 0.2) is 6.04 Å². The standard InChI is InChI=1S/C16H19N3O3/c1-10(2)19-11(3)13(9-17-19)15(20)18-14(16(21)22)12-7-5-4-6-8-12/h4-10,14H,1-3H3,(H,18,20)(H,21,22)/t14-/m1/s1. The molecule has 0 bridgehead atoms. The van der Waals surface area contributed by atoms with E-state index in [4.69, 9.17) is 0 Å². The van der Waals surface area contributed by atoms with Crippen LogP contribution in [-0.2, 0) is 4.79 Å². The third-order valence-corrected chi connectivity index (χ3v) is 3.43. The number of nitrogens with zero attached hydrogens (tertiary/aromatic N) is 2. The van der Waals surface area contributed by atoms with Gasteiger partial charge in [-0.3, -0.25) is 9.48 Å². The molecule has 6 heteroatoms. The summed E-state index contributed by atoms with van der Waals surface area (Å²) in [5.41, 5.74) is 1.62. The lowest BCUT2D eigenvalue weighted by Crippen LogP contribution is -2.34. The van der Waals surface area contributed by atoms with E-state index in [2.05, 4.69) is 10.4 Å². The van der Waals surface area contributed by atoms with Gasteiger partial charge in [-0.15, -0.1) is 0 Å². The van der Waals surface area contributed by atoms with Crippen molar-refractivity contribution in [1.82, 2.24) is 15.1 Å². The van der Waals surface area contributed by atoms with Crippen molar-refractivity contribution < 1.29 is 14.7 Å². The van der Waals surface area contributed by atoms with Gasteiger partial charge in [0.25, 0.3) is 5.91 Å². The number of nitrogens with one attached hydrogen (secondary N) is 1. The number of hydrogen-bond donors (Lipinski definition) is 2. The fourth-order valence-corrected chi connectivity index (χ4v) is 2.31. The topological polar surface area (TPSA) is 84.2 Å². The summed E-state index contributed by atoms with van der Waals surface area (Å²) in [4.78, 5) is 23.8. The second-order valence-electron chi connectivity index (χ2n) is 5.34. The van der Waals surface area contributed by atoms with Gasteiger partial charge in [-0.05, 0) is 26.3 Å². The minimum absolute atomic E-state index is 0.131. The molecule has 0 aliphatic carbocycles. The Morgan fingerprint density at radius 2 is 1.86 bits per heavy atom. The molecule has 0 unspecified atom stereocenters. The zero-order chi connectivity index (χ0) is 16.3. The number of carboxylic acid groups (broad SMARTS) is 1. The number of aromatic nitrogens is 2. The second-order valence-corrected chi connectivity index (χ2v) is 5.34. The molecule has 2 aromatic rings. The molecule has 0 aliphatic heterocycles. The first-order valence-electron chi connectivity index (χ1n) is 7.04. The van der Waals surface area contributed by atoms with E-state index < -0.39 is 17.9 Å². The molecule has 22 heavy (non-hydrogen) atoms. The summed E-state index contributed by atoms with van der Waals surface area (Å²) in [5.74, 6) is -1.55. The molecular weight excluding hydrogens is 282 g/mol. The molecular formula is C16H19N3O3. The summed E-state index contributed by atoms with van der Waals surface area (Å²) in [6, 6.07) is 7.65. The van der Waals surface area contributed by atoms with Gasteiger partial charge >= 0.3 is 5.97 Å². The molecule has 1 aromatic heterocycles. The zero-order valence-corrected chi connectivity index (χ0v) is 12.8.